The van der Waals surface area contributed by atoms with Crippen LogP contribution in [-0.2, 0) is 24.1 Å². The van der Waals surface area contributed by atoms with E-state index in [1.54, 1.807) is 18.0 Å². The molecule has 0 atom stereocenters. The smallest absolute Gasteiger partial charge is 0.416 e. The molecule has 0 aromatic heterocycles. The minimum absolute atomic E-state index is 0.00204. The number of carboxylic acids is 1. The third-order valence-electron chi connectivity index (χ3n) is 6.75. The van der Waals surface area contributed by atoms with Crippen LogP contribution < -0.4 is 0 Å². The Labute approximate surface area is 251 Å². The fourth-order valence-electron chi connectivity index (χ4n) is 4.69. The van der Waals surface area contributed by atoms with E-state index in [1.165, 1.54) is 23.9 Å². The monoisotopic (exact) mass is 603 g/mol. The van der Waals surface area contributed by atoms with Crippen molar-refractivity contribution in [2.45, 2.75) is 36.0 Å². The van der Waals surface area contributed by atoms with Crippen LogP contribution in [0.3, 0.4) is 0 Å². The van der Waals surface area contributed by atoms with Gasteiger partial charge in [0, 0.05) is 22.9 Å². The average Bonchev–Trinajstić information content (AvgIpc) is 2.98. The van der Waals surface area contributed by atoms with Gasteiger partial charge >= 0.3 is 12.1 Å². The number of rotatable bonds is 10. The lowest BCUT2D eigenvalue weighted by molar-refractivity contribution is -0.137. The predicted octanol–water partition coefficient (Wildman–Crippen LogP) is 9.72. The van der Waals surface area contributed by atoms with Crippen molar-refractivity contribution in [3.8, 4) is 11.1 Å². The Bertz CT molecular complexity index is 1700. The van der Waals surface area contributed by atoms with Crippen molar-refractivity contribution in [1.29, 1.82) is 0 Å². The molecule has 5 aromatic carbocycles. The summed E-state index contributed by atoms with van der Waals surface area (Å²) in [6.07, 6.45) is -4.40. The first-order chi connectivity index (χ1) is 20.2. The topological polar surface area (TPSA) is 40.5 Å². The van der Waals surface area contributed by atoms with Gasteiger partial charge < -0.3 is 5.11 Å². The van der Waals surface area contributed by atoms with E-state index in [2.05, 4.69) is 35.5 Å². The molecule has 0 spiro atoms. The highest BCUT2D eigenvalue weighted by molar-refractivity contribution is 8.00. The quantitative estimate of drug-likeness (QED) is 0.127. The van der Waals surface area contributed by atoms with Gasteiger partial charge in [-0.05, 0) is 75.7 Å². The molecule has 214 valence electrons. The van der Waals surface area contributed by atoms with Crippen LogP contribution in [0.2, 0.25) is 0 Å². The number of thioether (sulfide) groups is 1. The van der Waals surface area contributed by atoms with Crippen molar-refractivity contribution in [2.75, 3.05) is 5.75 Å². The number of aryl methyl sites for hydroxylation is 1. The lowest BCUT2D eigenvalue weighted by Gasteiger charge is -2.24. The largest absolute Gasteiger partial charge is 0.481 e. The molecule has 0 amide bonds. The van der Waals surface area contributed by atoms with E-state index in [0.717, 1.165) is 48.9 Å². The molecule has 1 N–H and O–H groups in total. The second kappa shape index (κ2) is 13.1. The molecule has 0 aliphatic heterocycles. The van der Waals surface area contributed by atoms with Gasteiger partial charge in [0.1, 0.15) is 0 Å². The highest BCUT2D eigenvalue weighted by Crippen LogP contribution is 2.36. The molecule has 8 heteroatoms. The molecule has 5 rings (SSSR count). The van der Waals surface area contributed by atoms with Crippen LogP contribution >= 0.6 is 23.7 Å². The summed E-state index contributed by atoms with van der Waals surface area (Å²) >= 11 is 2.84. The van der Waals surface area contributed by atoms with Crippen molar-refractivity contribution in [3.05, 3.63) is 131 Å². The number of halogens is 3. The van der Waals surface area contributed by atoms with Crippen molar-refractivity contribution in [3.63, 3.8) is 0 Å². The zero-order valence-electron chi connectivity index (χ0n) is 22.8. The lowest BCUT2D eigenvalue weighted by atomic mass is 10.0. The van der Waals surface area contributed by atoms with Crippen LogP contribution in [0.15, 0.2) is 119 Å². The number of hydrogen-bond acceptors (Lipinski definition) is 4. The second-order valence-corrected chi connectivity index (χ2v) is 12.1. The molecule has 42 heavy (non-hydrogen) atoms. The number of nitrogens with zero attached hydrogens (tertiary/aromatic N) is 1. The zero-order valence-corrected chi connectivity index (χ0v) is 24.4. The lowest BCUT2D eigenvalue weighted by Crippen LogP contribution is -2.16. The van der Waals surface area contributed by atoms with Gasteiger partial charge in [0.05, 0.1) is 11.3 Å². The Kier molecular flexibility index (Phi) is 9.26. The Hall–Kier alpha value is -3.72. The number of carbonyl (C=O) groups is 1. The summed E-state index contributed by atoms with van der Waals surface area (Å²) < 4.78 is 42.5. The van der Waals surface area contributed by atoms with Gasteiger partial charge in [-0.1, -0.05) is 91.0 Å². The number of carboxylic acid groups (broad SMARTS) is 1. The summed E-state index contributed by atoms with van der Waals surface area (Å²) in [4.78, 5) is 12.9. The normalized spacial score (nSPS) is 11.7. The molecule has 5 aromatic rings. The van der Waals surface area contributed by atoms with E-state index in [9.17, 15) is 18.0 Å². The summed E-state index contributed by atoms with van der Waals surface area (Å²) in [5.74, 6) is -0.862. The summed E-state index contributed by atoms with van der Waals surface area (Å²) in [6.45, 7) is 2.88. The van der Waals surface area contributed by atoms with Crippen LogP contribution in [0.1, 0.15) is 22.3 Å². The molecule has 0 heterocycles. The minimum Gasteiger partial charge on any atom is -0.481 e. The maximum absolute atomic E-state index is 13.5. The molecule has 3 nitrogen and oxygen atoms in total. The van der Waals surface area contributed by atoms with Gasteiger partial charge in [0.25, 0.3) is 0 Å². The maximum atomic E-state index is 13.5. The number of hydrogen-bond donors (Lipinski definition) is 1. The van der Waals surface area contributed by atoms with E-state index in [0.29, 0.717) is 18.7 Å². The molecular formula is C34H28F3NO2S2. The molecule has 0 bridgehead atoms. The van der Waals surface area contributed by atoms with Gasteiger partial charge in [-0.15, -0.1) is 11.8 Å². The fourth-order valence-corrected chi connectivity index (χ4v) is 6.55. The maximum Gasteiger partial charge on any atom is 0.416 e. The summed E-state index contributed by atoms with van der Waals surface area (Å²) in [5, 5.41) is 11.2. The molecule has 0 saturated carbocycles. The predicted molar refractivity (Wildman–Crippen MR) is 165 cm³/mol. The Morgan fingerprint density at radius 2 is 1.52 bits per heavy atom. The third-order valence-corrected chi connectivity index (χ3v) is 8.97. The Balaban J connectivity index is 1.42. The van der Waals surface area contributed by atoms with Gasteiger partial charge in [-0.3, -0.25) is 4.79 Å². The molecule has 0 unspecified atom stereocenters. The van der Waals surface area contributed by atoms with Gasteiger partial charge in [0.2, 0.25) is 0 Å². The molecular weight excluding hydrogens is 576 g/mol. The molecule has 0 aliphatic carbocycles. The highest BCUT2D eigenvalue weighted by Gasteiger charge is 2.30. The Morgan fingerprint density at radius 1 is 0.786 bits per heavy atom. The second-order valence-electron chi connectivity index (χ2n) is 9.93. The van der Waals surface area contributed by atoms with E-state index >= 15 is 0 Å². The third kappa shape index (κ3) is 7.56. The van der Waals surface area contributed by atoms with E-state index in [4.69, 9.17) is 5.11 Å². The minimum atomic E-state index is -4.40. The number of aliphatic carboxylic acids is 1. The number of benzene rings is 5. The number of alkyl halides is 3. The van der Waals surface area contributed by atoms with Crippen molar-refractivity contribution >= 4 is 40.5 Å². The first-order valence-corrected chi connectivity index (χ1v) is 15.0. The summed E-state index contributed by atoms with van der Waals surface area (Å²) in [6, 6.07) is 33.7. The standard InChI is InChI=1S/C34H28F3NO2S2/c1-23-12-15-27-7-2-3-11-31(27)33(23)42-38(21-25-6-4-9-29(18-25)34(35,36)37)20-24-13-16-26(17-14-24)28-8-5-10-30(19-28)41-22-32(39)40/h2-19H,20-22H2,1H3,(H,39,40). The average molecular weight is 604 g/mol. The van der Waals surface area contributed by atoms with Crippen LogP contribution in [0, 0.1) is 6.92 Å². The summed E-state index contributed by atoms with van der Waals surface area (Å²) in [5.41, 5.74) is 4.04. The first kappa shape index (κ1) is 29.8. The van der Waals surface area contributed by atoms with Crippen LogP contribution in [0.5, 0.6) is 0 Å². The Morgan fingerprint density at radius 3 is 2.29 bits per heavy atom. The van der Waals surface area contributed by atoms with Crippen LogP contribution in [0.4, 0.5) is 13.2 Å². The molecule has 0 saturated heterocycles. The van der Waals surface area contributed by atoms with Gasteiger partial charge in [0.15, 0.2) is 0 Å². The van der Waals surface area contributed by atoms with E-state index in [-0.39, 0.29) is 5.75 Å². The molecule has 0 fully saturated rings. The first-order valence-electron chi connectivity index (χ1n) is 13.3. The molecule has 0 aliphatic rings. The van der Waals surface area contributed by atoms with Gasteiger partial charge in [-0.2, -0.15) is 13.2 Å². The van der Waals surface area contributed by atoms with Crippen molar-refractivity contribution < 1.29 is 23.1 Å². The summed E-state index contributed by atoms with van der Waals surface area (Å²) in [7, 11) is 0. The van der Waals surface area contributed by atoms with Crippen molar-refractivity contribution in [2.24, 2.45) is 0 Å². The molecule has 0 radical (unpaired) electrons. The van der Waals surface area contributed by atoms with Crippen LogP contribution in [0.25, 0.3) is 21.9 Å². The van der Waals surface area contributed by atoms with Crippen molar-refractivity contribution in [1.82, 2.24) is 4.31 Å². The van der Waals surface area contributed by atoms with E-state index in [1.807, 2.05) is 60.7 Å². The zero-order chi connectivity index (χ0) is 29.7. The highest BCUT2D eigenvalue weighted by atomic mass is 32.2. The van der Waals surface area contributed by atoms with E-state index < -0.39 is 17.7 Å². The SMILES string of the molecule is Cc1ccc2ccccc2c1SN(Cc1ccc(-c2cccc(SCC(=O)O)c2)cc1)Cc1cccc(C(F)(F)F)c1. The van der Waals surface area contributed by atoms with Crippen LogP contribution in [-0.4, -0.2) is 21.1 Å². The number of fused-ring (bicyclic) bond motifs is 1. The van der Waals surface area contributed by atoms with Gasteiger partial charge in [-0.25, -0.2) is 4.31 Å². The fraction of sp³-hybridized carbons (Fsp3) is 0.147.